The highest BCUT2D eigenvalue weighted by molar-refractivity contribution is 6.09. The van der Waals surface area contributed by atoms with E-state index in [1.54, 1.807) is 21.0 Å². The van der Waals surface area contributed by atoms with Gasteiger partial charge in [0.15, 0.2) is 6.23 Å². The molecule has 1 aliphatic heterocycles. The van der Waals surface area contributed by atoms with Crippen LogP contribution in [0.2, 0.25) is 0 Å². The predicted octanol–water partition coefficient (Wildman–Crippen LogP) is -1.36. The molecule has 3 rings (SSSR count). The molecule has 1 fully saturated rings. The molecule has 0 aromatic carbocycles. The van der Waals surface area contributed by atoms with E-state index in [0.717, 1.165) is 0 Å². The lowest BCUT2D eigenvalue weighted by atomic mass is 10.1. The molecule has 0 spiro atoms. The van der Waals surface area contributed by atoms with Crippen LogP contribution in [0.5, 0.6) is 0 Å². The molecule has 2 aromatic heterocycles. The van der Waals surface area contributed by atoms with E-state index in [4.69, 9.17) is 10.5 Å². The van der Waals surface area contributed by atoms with Crippen molar-refractivity contribution in [1.29, 1.82) is 0 Å². The Kier molecular flexibility index (Phi) is 4.37. The van der Waals surface area contributed by atoms with Crippen molar-refractivity contribution in [3.63, 3.8) is 0 Å². The molecular formula is C15H21N5O5. The van der Waals surface area contributed by atoms with Crippen molar-refractivity contribution < 1.29 is 24.9 Å². The number of carbonyl (C=O) groups is 1. The molecule has 3 heterocycles. The van der Waals surface area contributed by atoms with Crippen molar-refractivity contribution in [2.75, 3.05) is 26.4 Å². The van der Waals surface area contributed by atoms with Gasteiger partial charge in [-0.15, -0.1) is 0 Å². The minimum atomic E-state index is -1.30. The summed E-state index contributed by atoms with van der Waals surface area (Å²) in [5.74, 6) is 0.216. The first-order chi connectivity index (χ1) is 11.8. The number of aliphatic hydroxyl groups excluding tert-OH is 3. The fourth-order valence-corrected chi connectivity index (χ4v) is 3.00. The van der Waals surface area contributed by atoms with Gasteiger partial charge in [0.05, 0.1) is 17.6 Å². The van der Waals surface area contributed by atoms with Crippen LogP contribution in [-0.2, 0) is 4.74 Å². The molecule has 10 heteroatoms. The smallest absolute Gasteiger partial charge is 0.255 e. The molecule has 0 aliphatic carbocycles. The number of nitrogen functional groups attached to an aromatic ring is 1. The number of aliphatic hydroxyl groups is 3. The molecule has 4 atom stereocenters. The quantitative estimate of drug-likeness (QED) is 0.530. The van der Waals surface area contributed by atoms with E-state index < -0.39 is 31.1 Å². The molecule has 0 saturated carbocycles. The zero-order valence-corrected chi connectivity index (χ0v) is 14.1. The first-order valence-corrected chi connectivity index (χ1v) is 7.75. The second kappa shape index (κ2) is 6.23. The number of aryl methyl sites for hydroxylation is 1. The highest BCUT2D eigenvalue weighted by atomic mass is 16.6. The fraction of sp³-hybridized carbons (Fsp3) is 0.533. The highest BCUT2D eigenvalue weighted by Gasteiger charge is 2.44. The summed E-state index contributed by atoms with van der Waals surface area (Å²) >= 11 is 0. The second-order valence-electron chi connectivity index (χ2n) is 6.23. The van der Waals surface area contributed by atoms with Crippen LogP contribution < -0.4 is 5.73 Å². The predicted molar refractivity (Wildman–Crippen MR) is 87.7 cm³/mol. The zero-order valence-electron chi connectivity index (χ0n) is 14.1. The van der Waals surface area contributed by atoms with Crippen molar-refractivity contribution in [2.45, 2.75) is 31.5 Å². The first kappa shape index (κ1) is 17.5. The lowest BCUT2D eigenvalue weighted by molar-refractivity contribution is -0.0509. The number of nitrogens with zero attached hydrogens (tertiary/aromatic N) is 4. The van der Waals surface area contributed by atoms with Gasteiger partial charge in [0.2, 0.25) is 0 Å². The second-order valence-corrected chi connectivity index (χ2v) is 6.23. The summed E-state index contributed by atoms with van der Waals surface area (Å²) in [6.07, 6.45) is -3.05. The Hall–Kier alpha value is -2.27. The van der Waals surface area contributed by atoms with Crippen LogP contribution in [-0.4, -0.2) is 79.7 Å². The fourth-order valence-electron chi connectivity index (χ4n) is 3.00. The third kappa shape index (κ3) is 2.72. The normalized spacial score (nSPS) is 26.3. The SMILES string of the molecule is Cc1nc(N)c2c(C(=O)N(C)C)cn([C@@H]3O[C@H](CO)[C@@H](O)[C@H]3O)c2n1. The molecule has 1 amide bonds. The minimum Gasteiger partial charge on any atom is -0.394 e. The lowest BCUT2D eigenvalue weighted by Crippen LogP contribution is -2.33. The van der Waals surface area contributed by atoms with E-state index in [0.29, 0.717) is 16.9 Å². The average Bonchev–Trinajstić information content (AvgIpc) is 3.05. The van der Waals surface area contributed by atoms with Gasteiger partial charge in [-0.3, -0.25) is 4.79 Å². The van der Waals surface area contributed by atoms with E-state index in [2.05, 4.69) is 9.97 Å². The van der Waals surface area contributed by atoms with Gasteiger partial charge in [-0.05, 0) is 6.92 Å². The number of nitrogens with two attached hydrogens (primary N) is 1. The Morgan fingerprint density at radius 2 is 2.04 bits per heavy atom. The number of fused-ring (bicyclic) bond motifs is 1. The van der Waals surface area contributed by atoms with Crippen LogP contribution >= 0.6 is 0 Å². The van der Waals surface area contributed by atoms with Crippen LogP contribution in [0.25, 0.3) is 11.0 Å². The Labute approximate surface area is 143 Å². The number of aromatic nitrogens is 3. The van der Waals surface area contributed by atoms with Gasteiger partial charge in [0, 0.05) is 20.3 Å². The third-order valence-corrected chi connectivity index (χ3v) is 4.24. The van der Waals surface area contributed by atoms with Gasteiger partial charge < -0.3 is 35.3 Å². The van der Waals surface area contributed by atoms with Gasteiger partial charge in [-0.2, -0.15) is 0 Å². The van der Waals surface area contributed by atoms with Crippen molar-refractivity contribution in [3.05, 3.63) is 17.6 Å². The van der Waals surface area contributed by atoms with Gasteiger partial charge in [-0.1, -0.05) is 0 Å². The zero-order chi connectivity index (χ0) is 18.5. The molecule has 10 nitrogen and oxygen atoms in total. The van der Waals surface area contributed by atoms with Crippen LogP contribution in [0, 0.1) is 6.92 Å². The lowest BCUT2D eigenvalue weighted by Gasteiger charge is -2.17. The van der Waals surface area contributed by atoms with Crippen LogP contribution in [0.15, 0.2) is 6.20 Å². The maximum absolute atomic E-state index is 12.5. The topological polar surface area (TPSA) is 147 Å². The molecule has 25 heavy (non-hydrogen) atoms. The number of hydrogen-bond acceptors (Lipinski definition) is 8. The van der Waals surface area contributed by atoms with Gasteiger partial charge in [0.25, 0.3) is 5.91 Å². The van der Waals surface area contributed by atoms with Crippen molar-refractivity contribution in [3.8, 4) is 0 Å². The van der Waals surface area contributed by atoms with Crippen LogP contribution in [0.4, 0.5) is 5.82 Å². The molecule has 2 aromatic rings. The Morgan fingerprint density at radius 3 is 2.60 bits per heavy atom. The maximum atomic E-state index is 12.5. The average molecular weight is 351 g/mol. The standard InChI is InChI=1S/C15H21N5O5/c1-6-17-12(16)9-7(14(24)19(2)3)4-20(13(9)18-6)15-11(23)10(22)8(5-21)25-15/h4,8,10-11,15,21-23H,5H2,1-3H3,(H2,16,17,18)/t8-,10-,11-,15-/m1/s1. The summed E-state index contributed by atoms with van der Waals surface area (Å²) < 4.78 is 6.99. The molecule has 136 valence electrons. The highest BCUT2D eigenvalue weighted by Crippen LogP contribution is 2.35. The Balaban J connectivity index is 2.21. The number of rotatable bonds is 3. The van der Waals surface area contributed by atoms with E-state index in [-0.39, 0.29) is 17.3 Å². The molecular weight excluding hydrogens is 330 g/mol. The van der Waals surface area contributed by atoms with Crippen molar-refractivity contribution >= 4 is 22.8 Å². The summed E-state index contributed by atoms with van der Waals surface area (Å²) in [5, 5.41) is 29.9. The third-order valence-electron chi connectivity index (χ3n) is 4.24. The molecule has 0 unspecified atom stereocenters. The first-order valence-electron chi connectivity index (χ1n) is 7.75. The summed E-state index contributed by atoms with van der Waals surface area (Å²) in [4.78, 5) is 22.3. The monoisotopic (exact) mass is 351 g/mol. The van der Waals surface area contributed by atoms with Gasteiger partial charge in [0.1, 0.15) is 35.6 Å². The van der Waals surface area contributed by atoms with Crippen LogP contribution in [0.1, 0.15) is 22.4 Å². The molecule has 0 bridgehead atoms. The van der Waals surface area contributed by atoms with Crippen molar-refractivity contribution in [2.24, 2.45) is 0 Å². The molecule has 5 N–H and O–H groups in total. The summed E-state index contributed by atoms with van der Waals surface area (Å²) in [7, 11) is 3.20. The van der Waals surface area contributed by atoms with E-state index >= 15 is 0 Å². The minimum absolute atomic E-state index is 0.137. The van der Waals surface area contributed by atoms with E-state index in [1.807, 2.05) is 0 Å². The summed E-state index contributed by atoms with van der Waals surface area (Å²) in [6.45, 7) is 1.20. The molecule has 1 saturated heterocycles. The Bertz CT molecular complexity index is 820. The van der Waals surface area contributed by atoms with E-state index in [9.17, 15) is 20.1 Å². The largest absolute Gasteiger partial charge is 0.394 e. The Morgan fingerprint density at radius 1 is 1.36 bits per heavy atom. The number of carbonyl (C=O) groups excluding carboxylic acids is 1. The van der Waals surface area contributed by atoms with Gasteiger partial charge >= 0.3 is 0 Å². The van der Waals surface area contributed by atoms with Crippen molar-refractivity contribution in [1.82, 2.24) is 19.4 Å². The number of amides is 1. The summed E-state index contributed by atoms with van der Waals surface area (Å²) in [6, 6.07) is 0. The van der Waals surface area contributed by atoms with E-state index in [1.165, 1.54) is 15.7 Å². The molecule has 0 radical (unpaired) electrons. The number of hydrogen-bond donors (Lipinski definition) is 4. The maximum Gasteiger partial charge on any atom is 0.255 e. The number of anilines is 1. The number of ether oxygens (including phenoxy) is 1. The molecule has 1 aliphatic rings. The van der Waals surface area contributed by atoms with Crippen LogP contribution in [0.3, 0.4) is 0 Å². The van der Waals surface area contributed by atoms with Gasteiger partial charge in [-0.25, -0.2) is 9.97 Å². The summed E-state index contributed by atoms with van der Waals surface area (Å²) in [5.41, 5.74) is 6.57.